The smallest absolute Gasteiger partial charge is 0.335 e. The van der Waals surface area contributed by atoms with E-state index in [1.54, 1.807) is 30.7 Å². The summed E-state index contributed by atoms with van der Waals surface area (Å²) < 4.78 is 5.92. The van der Waals surface area contributed by atoms with Crippen LogP contribution in [0.3, 0.4) is 0 Å². The number of carboxylic acid groups (broad SMARTS) is 1. The number of hydrogen-bond acceptors (Lipinski definition) is 6. The highest BCUT2D eigenvalue weighted by molar-refractivity contribution is 5.88. The molecule has 1 fully saturated rings. The van der Waals surface area contributed by atoms with E-state index < -0.39 is 12.1 Å². The number of aromatic carboxylic acids is 1. The first-order valence-corrected chi connectivity index (χ1v) is 8.68. The van der Waals surface area contributed by atoms with Crippen LogP contribution in [0.15, 0.2) is 42.9 Å². The normalized spacial score (nSPS) is 23.0. The number of nitrogens with zero attached hydrogens (tertiary/aromatic N) is 3. The molecule has 1 aliphatic carbocycles. The van der Waals surface area contributed by atoms with Crippen molar-refractivity contribution in [2.24, 2.45) is 0 Å². The number of aromatic nitrogens is 2. The lowest BCUT2D eigenvalue weighted by atomic mass is 9.89. The van der Waals surface area contributed by atoms with Gasteiger partial charge in [0.25, 0.3) is 0 Å². The molecule has 138 valence electrons. The second kappa shape index (κ2) is 8.25. The number of hydrogen-bond donors (Lipinski definition) is 2. The van der Waals surface area contributed by atoms with Gasteiger partial charge in [0.2, 0.25) is 0 Å². The van der Waals surface area contributed by atoms with Crippen LogP contribution < -0.4 is 4.74 Å². The molecule has 0 aliphatic heterocycles. The molecule has 0 spiro atoms. The van der Waals surface area contributed by atoms with E-state index >= 15 is 0 Å². The summed E-state index contributed by atoms with van der Waals surface area (Å²) in [4.78, 5) is 21.5. The summed E-state index contributed by atoms with van der Waals surface area (Å²) in [5, 5.41) is 19.9. The lowest BCUT2D eigenvalue weighted by Crippen LogP contribution is -2.51. The van der Waals surface area contributed by atoms with Crippen LogP contribution in [0.1, 0.15) is 35.3 Å². The van der Waals surface area contributed by atoms with Gasteiger partial charge in [-0.2, -0.15) is 0 Å². The molecule has 2 N–H and O–H groups in total. The molecular weight excluding hydrogens is 334 g/mol. The van der Waals surface area contributed by atoms with Crippen LogP contribution in [0, 0.1) is 0 Å². The van der Waals surface area contributed by atoms with Gasteiger partial charge in [-0.25, -0.2) is 4.79 Å². The van der Waals surface area contributed by atoms with Gasteiger partial charge < -0.3 is 14.9 Å². The molecule has 0 radical (unpaired) electrons. The van der Waals surface area contributed by atoms with Crippen LogP contribution in [0.4, 0.5) is 0 Å². The molecule has 1 aromatic heterocycles. The largest absolute Gasteiger partial charge is 0.488 e. The van der Waals surface area contributed by atoms with E-state index in [1.165, 1.54) is 12.1 Å². The molecule has 2 aromatic rings. The predicted octanol–water partition coefficient (Wildman–Crippen LogP) is 1.97. The molecule has 0 amide bonds. The van der Waals surface area contributed by atoms with Crippen LogP contribution in [-0.2, 0) is 6.54 Å². The molecule has 0 saturated heterocycles. The minimum Gasteiger partial charge on any atom is -0.488 e. The van der Waals surface area contributed by atoms with Crippen LogP contribution in [0.25, 0.3) is 0 Å². The Morgan fingerprint density at radius 3 is 2.92 bits per heavy atom. The summed E-state index contributed by atoms with van der Waals surface area (Å²) in [7, 11) is 1.95. The molecule has 1 aliphatic rings. The summed E-state index contributed by atoms with van der Waals surface area (Å²) in [6.45, 7) is 0.594. The molecule has 0 unspecified atom stereocenters. The van der Waals surface area contributed by atoms with Crippen molar-refractivity contribution < 1.29 is 19.7 Å². The summed E-state index contributed by atoms with van der Waals surface area (Å²) in [5.41, 5.74) is 1.02. The molecule has 7 heteroatoms. The SMILES string of the molecule is CN(Cc1cnccn1)[C@@H]1CCC[C@H](Oc2cccc(C(=O)O)c2)[C@H]1O. The van der Waals surface area contributed by atoms with E-state index in [4.69, 9.17) is 9.84 Å². The number of likely N-dealkylation sites (N-methyl/N-ethyl adjacent to an activating group) is 1. The Labute approximate surface area is 152 Å². The average Bonchev–Trinajstić information content (AvgIpc) is 2.64. The molecule has 3 atom stereocenters. The quantitative estimate of drug-likeness (QED) is 0.816. The van der Waals surface area contributed by atoms with Crippen LogP contribution in [0.2, 0.25) is 0 Å². The van der Waals surface area contributed by atoms with Crippen LogP contribution in [-0.4, -0.2) is 56.3 Å². The number of aliphatic hydroxyl groups is 1. The molecule has 1 aromatic carbocycles. The zero-order chi connectivity index (χ0) is 18.5. The fourth-order valence-corrected chi connectivity index (χ4v) is 3.39. The summed E-state index contributed by atoms with van der Waals surface area (Å²) in [5.74, 6) is -0.535. The van der Waals surface area contributed by atoms with Gasteiger partial charge in [-0.05, 0) is 44.5 Å². The van der Waals surface area contributed by atoms with Gasteiger partial charge in [0.05, 0.1) is 11.3 Å². The van der Waals surface area contributed by atoms with E-state index in [1.807, 2.05) is 7.05 Å². The predicted molar refractivity (Wildman–Crippen MR) is 95.0 cm³/mol. The fraction of sp³-hybridized carbons (Fsp3) is 0.421. The van der Waals surface area contributed by atoms with Crippen molar-refractivity contribution in [1.82, 2.24) is 14.9 Å². The Kier molecular flexibility index (Phi) is 5.80. The van der Waals surface area contributed by atoms with Gasteiger partial charge in [-0.15, -0.1) is 0 Å². The maximum atomic E-state index is 11.1. The Hall–Kier alpha value is -2.51. The van der Waals surface area contributed by atoms with Gasteiger partial charge in [0, 0.05) is 31.2 Å². The first-order valence-electron chi connectivity index (χ1n) is 8.68. The third kappa shape index (κ3) is 4.36. The molecule has 1 heterocycles. The number of rotatable bonds is 6. The minimum atomic E-state index is -0.999. The highest BCUT2D eigenvalue weighted by Gasteiger charge is 2.35. The molecule has 7 nitrogen and oxygen atoms in total. The second-order valence-corrected chi connectivity index (χ2v) is 6.59. The molecule has 26 heavy (non-hydrogen) atoms. The van der Waals surface area contributed by atoms with E-state index in [-0.39, 0.29) is 17.7 Å². The van der Waals surface area contributed by atoms with Gasteiger partial charge in [-0.1, -0.05) is 6.07 Å². The molecular formula is C19H23N3O4. The first-order chi connectivity index (χ1) is 12.5. The maximum absolute atomic E-state index is 11.1. The van der Waals surface area contributed by atoms with E-state index in [0.29, 0.717) is 12.3 Å². The molecule has 3 rings (SSSR count). The molecule has 0 bridgehead atoms. The topological polar surface area (TPSA) is 95.8 Å². The first kappa shape index (κ1) is 18.3. The van der Waals surface area contributed by atoms with Gasteiger partial charge >= 0.3 is 5.97 Å². The van der Waals surface area contributed by atoms with E-state index in [0.717, 1.165) is 25.0 Å². The van der Waals surface area contributed by atoms with Gasteiger partial charge in [0.1, 0.15) is 18.0 Å². The number of aliphatic hydroxyl groups excluding tert-OH is 1. The number of benzene rings is 1. The van der Waals surface area contributed by atoms with Crippen molar-refractivity contribution in [2.45, 2.75) is 44.1 Å². The fourth-order valence-electron chi connectivity index (χ4n) is 3.39. The Bertz CT molecular complexity index is 741. The van der Waals surface area contributed by atoms with E-state index in [2.05, 4.69) is 14.9 Å². The van der Waals surface area contributed by atoms with Crippen molar-refractivity contribution in [3.05, 3.63) is 54.1 Å². The van der Waals surface area contributed by atoms with Crippen molar-refractivity contribution in [3.63, 3.8) is 0 Å². The lowest BCUT2D eigenvalue weighted by molar-refractivity contribution is -0.0494. The summed E-state index contributed by atoms with van der Waals surface area (Å²) >= 11 is 0. The summed E-state index contributed by atoms with van der Waals surface area (Å²) in [6, 6.07) is 6.31. The third-order valence-corrected chi connectivity index (χ3v) is 4.73. The van der Waals surface area contributed by atoms with Crippen LogP contribution >= 0.6 is 0 Å². The Balaban J connectivity index is 1.66. The zero-order valence-electron chi connectivity index (χ0n) is 14.7. The number of ether oxygens (including phenoxy) is 1. The minimum absolute atomic E-state index is 0.0570. The van der Waals surface area contributed by atoms with Crippen LogP contribution in [0.5, 0.6) is 5.75 Å². The standard InChI is InChI=1S/C19H23N3O4/c1-22(12-14-11-20-8-9-21-14)16-6-3-7-17(18(16)23)26-15-5-2-4-13(10-15)19(24)25/h2,4-5,8-11,16-18,23H,3,6-7,12H2,1H3,(H,24,25)/t16-,17+,18+/m1/s1. The zero-order valence-corrected chi connectivity index (χ0v) is 14.7. The van der Waals surface area contributed by atoms with Crippen molar-refractivity contribution in [1.29, 1.82) is 0 Å². The van der Waals surface area contributed by atoms with Crippen molar-refractivity contribution in [3.8, 4) is 5.75 Å². The average molecular weight is 357 g/mol. The lowest BCUT2D eigenvalue weighted by Gasteiger charge is -2.39. The van der Waals surface area contributed by atoms with Crippen molar-refractivity contribution in [2.75, 3.05) is 7.05 Å². The van der Waals surface area contributed by atoms with Gasteiger partial charge in [-0.3, -0.25) is 14.9 Å². The number of carbonyl (C=O) groups is 1. The highest BCUT2D eigenvalue weighted by atomic mass is 16.5. The maximum Gasteiger partial charge on any atom is 0.335 e. The van der Waals surface area contributed by atoms with E-state index in [9.17, 15) is 9.90 Å². The third-order valence-electron chi connectivity index (χ3n) is 4.73. The highest BCUT2D eigenvalue weighted by Crippen LogP contribution is 2.28. The Morgan fingerprint density at radius 2 is 2.19 bits per heavy atom. The summed E-state index contributed by atoms with van der Waals surface area (Å²) in [6.07, 6.45) is 6.49. The van der Waals surface area contributed by atoms with Crippen molar-refractivity contribution >= 4 is 5.97 Å². The Morgan fingerprint density at radius 1 is 1.35 bits per heavy atom. The molecule has 1 saturated carbocycles. The monoisotopic (exact) mass is 357 g/mol. The number of carboxylic acids is 1. The van der Waals surface area contributed by atoms with Gasteiger partial charge in [0.15, 0.2) is 0 Å². The second-order valence-electron chi connectivity index (χ2n) is 6.59.